The van der Waals surface area contributed by atoms with E-state index in [-0.39, 0.29) is 35.1 Å². The van der Waals surface area contributed by atoms with Gasteiger partial charge in [-0.2, -0.15) is 0 Å². The van der Waals surface area contributed by atoms with Crippen molar-refractivity contribution < 1.29 is 8.76 Å². The molecule has 0 rings (SSSR count). The molecule has 0 aliphatic carbocycles. The predicted molar refractivity (Wildman–Crippen MR) is 37.6 cm³/mol. The van der Waals surface area contributed by atoms with E-state index >= 15 is 0 Å². The number of nitrogens with one attached hydrogen (secondary N) is 1. The molecule has 3 nitrogen and oxygen atoms in total. The first kappa shape index (κ1) is 12.7. The van der Waals surface area contributed by atoms with Gasteiger partial charge in [-0.25, -0.2) is 4.72 Å². The van der Waals surface area contributed by atoms with Crippen LogP contribution in [0.2, 0.25) is 0 Å². The van der Waals surface area contributed by atoms with E-state index in [0.717, 1.165) is 0 Å². The van der Waals surface area contributed by atoms with Crippen LogP contribution in [0.5, 0.6) is 0 Å². The molecule has 0 saturated carbocycles. The van der Waals surface area contributed by atoms with Crippen LogP contribution in [0.25, 0.3) is 0 Å². The van der Waals surface area contributed by atoms with E-state index in [1.165, 1.54) is 0 Å². The van der Waals surface area contributed by atoms with E-state index in [1.807, 2.05) is 0 Å². The van der Waals surface area contributed by atoms with Gasteiger partial charge in [0.1, 0.15) is 0 Å². The minimum Gasteiger partial charge on any atom is -0.760 e. The normalized spacial score (nSPS) is 14.2. The van der Waals surface area contributed by atoms with Crippen LogP contribution in [0, 0.1) is 0 Å². The maximum Gasteiger partial charge on any atom is 0.0211 e. The molecular formula is C4H10NNaO2S-. The summed E-state index contributed by atoms with van der Waals surface area (Å²) in [6.45, 7) is 5.34. The van der Waals surface area contributed by atoms with Crippen molar-refractivity contribution in [3.8, 4) is 0 Å². The number of hydrogen-bond acceptors (Lipinski definition) is 2. The predicted octanol–water partition coefficient (Wildman–Crippen LogP) is -0.212. The van der Waals surface area contributed by atoms with Crippen LogP contribution in [0.3, 0.4) is 0 Å². The average Bonchev–Trinajstić information content (AvgIpc) is 1.21. The Morgan fingerprint density at radius 3 is 1.78 bits per heavy atom. The van der Waals surface area contributed by atoms with Crippen LogP contribution in [0.15, 0.2) is 0 Å². The summed E-state index contributed by atoms with van der Waals surface area (Å²) in [5, 5.41) is 0. The Morgan fingerprint density at radius 1 is 1.44 bits per heavy atom. The van der Waals surface area contributed by atoms with Crippen LogP contribution in [-0.2, 0) is 11.3 Å². The molecule has 0 bridgehead atoms. The minimum atomic E-state index is -2.14. The summed E-state index contributed by atoms with van der Waals surface area (Å²) in [5.41, 5.74) is -0.341. The molecule has 5 heteroatoms. The van der Waals surface area contributed by atoms with E-state index in [9.17, 15) is 8.76 Å². The summed E-state index contributed by atoms with van der Waals surface area (Å²) in [6, 6.07) is 0. The van der Waals surface area contributed by atoms with E-state index in [2.05, 4.69) is 4.72 Å². The Hall–Kier alpha value is 1.07. The van der Waals surface area contributed by atoms with Crippen molar-refractivity contribution in [1.82, 2.24) is 4.72 Å². The largest absolute Gasteiger partial charge is 0.760 e. The van der Waals surface area contributed by atoms with Crippen molar-refractivity contribution in [2.45, 2.75) is 26.3 Å². The first-order chi connectivity index (χ1) is 3.42. The summed E-state index contributed by atoms with van der Waals surface area (Å²) < 4.78 is 22.1. The smallest absolute Gasteiger partial charge is 0.0211 e. The fourth-order valence-corrected chi connectivity index (χ4v) is 0.750. The Labute approximate surface area is 80.3 Å². The Morgan fingerprint density at radius 2 is 1.78 bits per heavy atom. The monoisotopic (exact) mass is 159 g/mol. The molecule has 1 atom stereocenters. The Kier molecular flexibility index (Phi) is 6.81. The molecule has 0 amide bonds. The van der Waals surface area contributed by atoms with Crippen molar-refractivity contribution in [3.63, 3.8) is 0 Å². The third-order valence-corrected chi connectivity index (χ3v) is 1.17. The van der Waals surface area contributed by atoms with Gasteiger partial charge in [-0.15, -0.1) is 0 Å². The maximum atomic E-state index is 9.90. The van der Waals surface area contributed by atoms with Gasteiger partial charge in [0.15, 0.2) is 0 Å². The van der Waals surface area contributed by atoms with Crippen LogP contribution in [0.1, 0.15) is 20.8 Å². The zero-order chi connectivity index (χ0) is 6.78. The summed E-state index contributed by atoms with van der Waals surface area (Å²) >= 11 is -2.14. The van der Waals surface area contributed by atoms with Gasteiger partial charge in [-0.3, -0.25) is 4.21 Å². The van der Waals surface area contributed by atoms with Gasteiger partial charge in [0.2, 0.25) is 0 Å². The fourth-order valence-electron chi connectivity index (χ4n) is 0.250. The van der Waals surface area contributed by atoms with E-state index in [4.69, 9.17) is 0 Å². The van der Waals surface area contributed by atoms with Crippen LogP contribution < -0.4 is 4.72 Å². The second kappa shape index (κ2) is 4.82. The molecule has 51 valence electrons. The van der Waals surface area contributed by atoms with E-state index < -0.39 is 11.3 Å². The third-order valence-electron chi connectivity index (χ3n) is 0.390. The molecule has 0 aliphatic rings. The molecule has 0 aromatic rings. The molecule has 0 heterocycles. The Bertz CT molecular complexity index is 101. The molecule has 1 N–H and O–H groups in total. The SMILES string of the molecule is CC(C)(C)NS(=O)[O-].[Na]. The van der Waals surface area contributed by atoms with Crippen molar-refractivity contribution in [2.75, 3.05) is 0 Å². The molecule has 0 spiro atoms. The first-order valence-electron chi connectivity index (χ1n) is 2.29. The first-order valence-corrected chi connectivity index (χ1v) is 3.36. The molecule has 0 aromatic heterocycles. The van der Waals surface area contributed by atoms with Crippen LogP contribution in [-0.4, -0.2) is 43.9 Å². The molecule has 1 unspecified atom stereocenters. The number of hydrogen-bond donors (Lipinski definition) is 1. The van der Waals surface area contributed by atoms with Crippen molar-refractivity contribution in [3.05, 3.63) is 0 Å². The van der Waals surface area contributed by atoms with Gasteiger partial charge in [-0.05, 0) is 20.8 Å². The van der Waals surface area contributed by atoms with Crippen molar-refractivity contribution >= 4 is 40.8 Å². The van der Waals surface area contributed by atoms with E-state index in [0.29, 0.717) is 0 Å². The molecule has 9 heavy (non-hydrogen) atoms. The minimum absolute atomic E-state index is 0. The zero-order valence-electron chi connectivity index (χ0n) is 6.22. The standard InChI is InChI=1S/C4H11NO2S.Na/c1-4(2,3)5-8(6)7;/h5H,1-3H3,(H,6,7);/p-1. The molecule has 0 fully saturated rings. The topological polar surface area (TPSA) is 52.2 Å². The van der Waals surface area contributed by atoms with Crippen molar-refractivity contribution in [1.29, 1.82) is 0 Å². The molecule has 0 aliphatic heterocycles. The van der Waals surface area contributed by atoms with Crippen LogP contribution >= 0.6 is 0 Å². The molecule has 0 aromatic carbocycles. The van der Waals surface area contributed by atoms with E-state index in [1.54, 1.807) is 20.8 Å². The fraction of sp³-hybridized carbons (Fsp3) is 1.00. The molecule has 1 radical (unpaired) electrons. The summed E-state index contributed by atoms with van der Waals surface area (Å²) in [5.74, 6) is 0. The maximum absolute atomic E-state index is 9.90. The zero-order valence-corrected chi connectivity index (χ0v) is 9.04. The van der Waals surface area contributed by atoms with Crippen molar-refractivity contribution in [2.24, 2.45) is 0 Å². The van der Waals surface area contributed by atoms with Gasteiger partial charge in [0.05, 0.1) is 0 Å². The van der Waals surface area contributed by atoms with Crippen LogP contribution in [0.4, 0.5) is 0 Å². The number of rotatable bonds is 1. The third kappa shape index (κ3) is 12.3. The van der Waals surface area contributed by atoms with Gasteiger partial charge in [0.25, 0.3) is 0 Å². The quantitative estimate of drug-likeness (QED) is 0.425. The molecular weight excluding hydrogens is 149 g/mol. The molecule has 0 saturated heterocycles. The summed E-state index contributed by atoms with van der Waals surface area (Å²) in [4.78, 5) is 0. The van der Waals surface area contributed by atoms with Gasteiger partial charge in [-0.1, -0.05) is 0 Å². The average molecular weight is 159 g/mol. The Balaban J connectivity index is 0. The second-order valence-corrected chi connectivity index (χ2v) is 3.26. The summed E-state index contributed by atoms with van der Waals surface area (Å²) in [6.07, 6.45) is 0. The van der Waals surface area contributed by atoms with Gasteiger partial charge >= 0.3 is 0 Å². The van der Waals surface area contributed by atoms with Gasteiger partial charge in [0, 0.05) is 46.4 Å². The second-order valence-electron chi connectivity index (χ2n) is 2.59. The van der Waals surface area contributed by atoms with Gasteiger partial charge < -0.3 is 4.55 Å². The summed E-state index contributed by atoms with van der Waals surface area (Å²) in [7, 11) is 0.